The fraction of sp³-hybridized carbons (Fsp3) is 0. The van der Waals surface area contributed by atoms with Crippen LogP contribution in [0.1, 0.15) is 0 Å². The molecule has 0 unspecified atom stereocenters. The third kappa shape index (κ3) is 814. The molecule has 0 aliphatic heterocycles. The van der Waals surface area contributed by atoms with Crippen LogP contribution in [0.25, 0.3) is 0 Å². The predicted octanol–water partition coefficient (Wildman–Crippen LogP) is -4.67. The molecule has 0 aromatic rings. The first-order chi connectivity index (χ1) is 8.66. The summed E-state index contributed by atoms with van der Waals surface area (Å²) in [5.41, 5.74) is 0. The Morgan fingerprint density at radius 1 is 0.500 bits per heavy atom. The van der Waals surface area contributed by atoms with Crippen LogP contribution in [0, 0.1) is 0 Å². The summed E-state index contributed by atoms with van der Waals surface area (Å²) in [6.07, 6.45) is -9.42. The molecule has 0 aliphatic carbocycles. The van der Waals surface area contributed by atoms with Gasteiger partial charge < -0.3 is 55.9 Å². The Bertz CT molecular complexity index is 213. The molecule has 0 fully saturated rings. The second-order valence-electron chi connectivity index (χ2n) is 1.40. The van der Waals surface area contributed by atoms with Crippen LogP contribution in [0.4, 0.5) is 24.0 Å². The van der Waals surface area contributed by atoms with E-state index in [1.54, 1.807) is 0 Å². The van der Waals surface area contributed by atoms with Gasteiger partial charge in [0.25, 0.3) is 0 Å². The van der Waals surface area contributed by atoms with Crippen LogP contribution in [0.2, 0.25) is 0 Å². The van der Waals surface area contributed by atoms with Crippen molar-refractivity contribution < 1.29 is 105 Å². The van der Waals surface area contributed by atoms with Crippen molar-refractivity contribution in [2.24, 2.45) is 0 Å². The van der Waals surface area contributed by atoms with Gasteiger partial charge in [-0.15, -0.1) is 0 Å². The molecule has 0 atom stereocenters. The summed E-state index contributed by atoms with van der Waals surface area (Å²) >= 11 is 0. The zero-order chi connectivity index (χ0) is 17.9. The van der Waals surface area contributed by atoms with E-state index in [0.717, 1.165) is 0 Å². The molecule has 15 nitrogen and oxygen atoms in total. The minimum atomic E-state index is -2.08. The minimum absolute atomic E-state index is 0. The van der Waals surface area contributed by atoms with E-state index >= 15 is 0 Å². The van der Waals surface area contributed by atoms with E-state index in [0.29, 0.717) is 0 Å². The minimum Gasteiger partial charge on any atom is -0.565 e. The molecule has 0 amide bonds. The van der Waals surface area contributed by atoms with Crippen molar-refractivity contribution in [2.75, 3.05) is 0 Å². The summed E-state index contributed by atoms with van der Waals surface area (Å²) in [4.78, 5) is 42.7. The molecule has 0 spiro atoms. The molecule has 0 saturated carbocycles. The van der Waals surface area contributed by atoms with Crippen molar-refractivity contribution in [3.63, 3.8) is 0 Å². The van der Waals surface area contributed by atoms with Crippen LogP contribution < -0.4 is 34.7 Å². The van der Waals surface area contributed by atoms with Gasteiger partial charge in [-0.25, -0.2) is 19.2 Å². The van der Waals surface area contributed by atoms with Gasteiger partial charge in [0.05, 0.1) is 0 Å². The van der Waals surface area contributed by atoms with E-state index in [2.05, 4.69) is 0 Å². The Morgan fingerprint density at radius 2 is 0.500 bits per heavy atom. The van der Waals surface area contributed by atoms with Gasteiger partial charge in [0.2, 0.25) is 6.16 Å². The standard InChI is InChI=1S/5CH2O3.Na.H4Si/c5*2-1(3)4;;/h5*(H2,2,3,4);;1H4/q;;;;;+1;/p-1. The normalized spacial score (nSPS) is 5.45. The number of carbonyl (C=O) groups is 5. The zero-order valence-electron chi connectivity index (χ0n) is 9.97. The first kappa shape index (κ1) is 42.7. The van der Waals surface area contributed by atoms with Crippen LogP contribution in [-0.2, 0) is 0 Å². The number of hydrogen-bond acceptors (Lipinski definition) is 6. The van der Waals surface area contributed by atoms with E-state index in [-0.39, 0.29) is 40.5 Å². The Morgan fingerprint density at radius 3 is 0.500 bits per heavy atom. The number of carboxylic acid groups (broad SMARTS) is 10. The summed E-state index contributed by atoms with van der Waals surface area (Å²) in [6, 6.07) is 0. The summed E-state index contributed by atoms with van der Waals surface area (Å²) < 4.78 is 0. The second kappa shape index (κ2) is 36.3. The van der Waals surface area contributed by atoms with Crippen LogP contribution in [-0.4, -0.2) is 87.7 Å². The molecule has 0 radical (unpaired) electrons. The molecule has 22 heavy (non-hydrogen) atoms. The van der Waals surface area contributed by atoms with E-state index in [4.69, 9.17) is 75.0 Å². The predicted molar refractivity (Wildman–Crippen MR) is 62.0 cm³/mol. The summed E-state index contributed by atoms with van der Waals surface area (Å²) in [7, 11) is 0. The Kier molecular flexibility index (Phi) is 70.4. The molecule has 17 heteroatoms. The molecule has 0 saturated heterocycles. The average molecular weight is 364 g/mol. The molecule has 9 N–H and O–H groups in total. The quantitative estimate of drug-likeness (QED) is 0.182. The molecule has 128 valence electrons. The van der Waals surface area contributed by atoms with Crippen molar-refractivity contribution in [3.05, 3.63) is 0 Å². The van der Waals surface area contributed by atoms with Crippen LogP contribution in [0.3, 0.4) is 0 Å². The smallest absolute Gasteiger partial charge is 0.565 e. The van der Waals surface area contributed by atoms with Crippen molar-refractivity contribution in [1.82, 2.24) is 0 Å². The van der Waals surface area contributed by atoms with Crippen LogP contribution in [0.15, 0.2) is 0 Å². The van der Waals surface area contributed by atoms with E-state index in [1.807, 2.05) is 0 Å². The molecule has 0 bridgehead atoms. The van der Waals surface area contributed by atoms with Gasteiger partial charge in [-0.05, 0) is 11.0 Å². The van der Waals surface area contributed by atoms with Gasteiger partial charge in [0, 0.05) is 0 Å². The SMILES string of the molecule is O=C(O)O.O=C(O)O.O=C(O)O.O=C(O)O.O=C([O-])O.[Na+].[SiH4]. The topological polar surface area (TPSA) is 290 Å². The molecule has 0 aliphatic rings. The first-order valence-corrected chi connectivity index (χ1v) is 3.24. The van der Waals surface area contributed by atoms with Gasteiger partial charge in [0.15, 0.2) is 0 Å². The Balaban J connectivity index is -0.0000000250. The summed E-state index contributed by atoms with van der Waals surface area (Å²) in [5, 5.41) is 71.1. The van der Waals surface area contributed by atoms with Crippen molar-refractivity contribution in [3.8, 4) is 0 Å². The van der Waals surface area contributed by atoms with Gasteiger partial charge in [-0.2, -0.15) is 0 Å². The Hall–Kier alpha value is -2.43. The van der Waals surface area contributed by atoms with E-state index < -0.39 is 30.8 Å². The van der Waals surface area contributed by atoms with E-state index in [1.165, 1.54) is 0 Å². The van der Waals surface area contributed by atoms with Gasteiger partial charge >= 0.3 is 54.2 Å². The molecular formula is C5H13NaO15Si. The maximum Gasteiger partial charge on any atom is 1.00 e. The summed E-state index contributed by atoms with van der Waals surface area (Å²) in [6.45, 7) is 0. The van der Waals surface area contributed by atoms with Crippen LogP contribution >= 0.6 is 0 Å². The van der Waals surface area contributed by atoms with Gasteiger partial charge in [0.1, 0.15) is 0 Å². The fourth-order valence-electron chi connectivity index (χ4n) is 0. The largest absolute Gasteiger partial charge is 1.00 e. The number of hydrogen-bond donors (Lipinski definition) is 9. The molecule has 0 aromatic heterocycles. The van der Waals surface area contributed by atoms with Gasteiger partial charge in [-0.3, -0.25) is 0 Å². The average Bonchev–Trinajstić information content (AvgIpc) is 1.94. The third-order valence-electron chi connectivity index (χ3n) is 0. The van der Waals surface area contributed by atoms with Crippen LogP contribution in [0.5, 0.6) is 0 Å². The third-order valence-corrected chi connectivity index (χ3v) is 0. The maximum atomic E-state index is 8.56. The van der Waals surface area contributed by atoms with Gasteiger partial charge in [-0.1, -0.05) is 0 Å². The fourth-order valence-corrected chi connectivity index (χ4v) is 0. The molecular weight excluding hydrogens is 351 g/mol. The number of rotatable bonds is 0. The monoisotopic (exact) mass is 364 g/mol. The molecule has 0 heterocycles. The van der Waals surface area contributed by atoms with Crippen molar-refractivity contribution in [2.45, 2.75) is 0 Å². The first-order valence-electron chi connectivity index (χ1n) is 3.24. The van der Waals surface area contributed by atoms with Crippen molar-refractivity contribution in [1.29, 1.82) is 0 Å². The second-order valence-corrected chi connectivity index (χ2v) is 1.40. The summed E-state index contributed by atoms with van der Waals surface area (Å²) in [5.74, 6) is 0. The molecule has 0 rings (SSSR count). The van der Waals surface area contributed by atoms with E-state index in [9.17, 15) is 0 Å². The van der Waals surface area contributed by atoms with Crippen molar-refractivity contribution >= 4 is 41.7 Å². The molecule has 0 aromatic carbocycles. The zero-order valence-corrected chi connectivity index (χ0v) is 12.0. The Labute approximate surface area is 146 Å². The maximum absolute atomic E-state index is 8.56.